The minimum atomic E-state index is -1.10. The van der Waals surface area contributed by atoms with Crippen LogP contribution in [0.25, 0.3) is 0 Å². The second-order valence-corrected chi connectivity index (χ2v) is 2.89. The average molecular weight is 194 g/mol. The molecule has 0 fully saturated rings. The topological polar surface area (TPSA) is 80.9 Å². The van der Waals surface area contributed by atoms with Gasteiger partial charge in [-0.15, -0.1) is 0 Å². The van der Waals surface area contributed by atoms with Gasteiger partial charge in [-0.3, -0.25) is 0 Å². The molecule has 0 aromatic heterocycles. The van der Waals surface area contributed by atoms with Crippen LogP contribution in [0.5, 0.6) is 0 Å². The summed E-state index contributed by atoms with van der Waals surface area (Å²) in [6.07, 6.45) is 1.55. The molecule has 0 aliphatic heterocycles. The van der Waals surface area contributed by atoms with Gasteiger partial charge in [0, 0.05) is 0 Å². The summed E-state index contributed by atoms with van der Waals surface area (Å²) in [6, 6.07) is 0. The summed E-state index contributed by atoms with van der Waals surface area (Å²) in [4.78, 5) is 0. The average Bonchev–Trinajstić information content (AvgIpc) is 2.01. The van der Waals surface area contributed by atoms with Crippen molar-refractivity contribution in [3.05, 3.63) is 0 Å². The van der Waals surface area contributed by atoms with Crippen molar-refractivity contribution in [3.63, 3.8) is 0 Å². The molecule has 0 aromatic rings. The molecule has 82 valence electrons. The van der Waals surface area contributed by atoms with Crippen LogP contribution in [-0.4, -0.2) is 33.0 Å². The molecule has 0 bridgehead atoms. The largest absolute Gasteiger partial charge is 0.368 e. The molecule has 0 aliphatic rings. The van der Waals surface area contributed by atoms with E-state index in [1.54, 1.807) is 0 Å². The Kier molecular flexibility index (Phi) is 14.0. The molecule has 4 N–H and O–H groups in total. The van der Waals surface area contributed by atoms with E-state index in [0.717, 1.165) is 19.3 Å². The molecule has 0 atom stereocenters. The molecule has 0 radical (unpaired) electrons. The molecule has 0 unspecified atom stereocenters. The Hall–Kier alpha value is -0.160. The van der Waals surface area contributed by atoms with E-state index in [4.69, 9.17) is 20.4 Å². The highest BCUT2D eigenvalue weighted by molar-refractivity contribution is 4.36. The van der Waals surface area contributed by atoms with E-state index in [-0.39, 0.29) is 0 Å². The Bertz CT molecular complexity index is 83.7. The van der Waals surface area contributed by atoms with Gasteiger partial charge in [0.25, 0.3) is 0 Å². The minimum Gasteiger partial charge on any atom is -0.368 e. The van der Waals surface area contributed by atoms with Crippen LogP contribution in [0.15, 0.2) is 0 Å². The Morgan fingerprint density at radius 3 is 1.31 bits per heavy atom. The summed E-state index contributed by atoms with van der Waals surface area (Å²) in [5, 5.41) is 32.7. The molecular formula is C9H22O4. The third-order valence-electron chi connectivity index (χ3n) is 1.36. The quantitative estimate of drug-likeness (QED) is 0.483. The zero-order valence-corrected chi connectivity index (χ0v) is 8.48. The number of aliphatic hydroxyl groups excluding tert-OH is 2. The maximum atomic E-state index is 8.24. The van der Waals surface area contributed by atoms with E-state index in [2.05, 4.69) is 0 Å². The van der Waals surface area contributed by atoms with Crippen LogP contribution in [0.1, 0.15) is 46.0 Å². The van der Waals surface area contributed by atoms with Gasteiger partial charge in [-0.05, 0) is 19.3 Å². The lowest BCUT2D eigenvalue weighted by Gasteiger charge is -1.97. The first-order chi connectivity index (χ1) is 6.04. The Labute approximate surface area is 79.8 Å². The van der Waals surface area contributed by atoms with Gasteiger partial charge in [-0.1, -0.05) is 26.7 Å². The summed E-state index contributed by atoms with van der Waals surface area (Å²) >= 11 is 0. The number of rotatable bonds is 5. The maximum Gasteiger partial charge on any atom is 0.151 e. The van der Waals surface area contributed by atoms with Crippen molar-refractivity contribution in [3.8, 4) is 0 Å². The van der Waals surface area contributed by atoms with Crippen molar-refractivity contribution in [1.29, 1.82) is 0 Å². The zero-order valence-electron chi connectivity index (χ0n) is 8.48. The molecule has 0 aromatic carbocycles. The van der Waals surface area contributed by atoms with Gasteiger partial charge in [-0.25, -0.2) is 0 Å². The van der Waals surface area contributed by atoms with Gasteiger partial charge >= 0.3 is 0 Å². The predicted octanol–water partition coefficient (Wildman–Crippen LogP) is 0.584. The van der Waals surface area contributed by atoms with Gasteiger partial charge in [-0.2, -0.15) is 0 Å². The van der Waals surface area contributed by atoms with E-state index in [9.17, 15) is 0 Å². The Morgan fingerprint density at radius 2 is 1.23 bits per heavy atom. The van der Waals surface area contributed by atoms with Crippen LogP contribution in [0.2, 0.25) is 0 Å². The third-order valence-corrected chi connectivity index (χ3v) is 1.36. The van der Waals surface area contributed by atoms with E-state index < -0.39 is 12.6 Å². The molecule has 0 rings (SSSR count). The predicted molar refractivity (Wildman–Crippen MR) is 50.9 cm³/mol. The molecule has 0 saturated carbocycles. The second-order valence-electron chi connectivity index (χ2n) is 2.89. The van der Waals surface area contributed by atoms with Crippen molar-refractivity contribution >= 4 is 0 Å². The first-order valence-corrected chi connectivity index (χ1v) is 4.76. The van der Waals surface area contributed by atoms with Gasteiger partial charge in [0.2, 0.25) is 0 Å². The van der Waals surface area contributed by atoms with Gasteiger partial charge in [0.15, 0.2) is 12.6 Å². The van der Waals surface area contributed by atoms with Crippen molar-refractivity contribution in [2.75, 3.05) is 0 Å². The normalized spacial score (nSPS) is 10.2. The Morgan fingerprint density at radius 1 is 0.769 bits per heavy atom. The van der Waals surface area contributed by atoms with E-state index in [1.165, 1.54) is 0 Å². The molecule has 0 amide bonds. The summed E-state index contributed by atoms with van der Waals surface area (Å²) < 4.78 is 0. The van der Waals surface area contributed by atoms with Crippen LogP contribution in [0.4, 0.5) is 0 Å². The maximum absolute atomic E-state index is 8.24. The highest BCUT2D eigenvalue weighted by Crippen LogP contribution is 1.95. The monoisotopic (exact) mass is 194 g/mol. The lowest BCUT2D eigenvalue weighted by Crippen LogP contribution is -2.02. The first kappa shape index (κ1) is 15.3. The summed E-state index contributed by atoms with van der Waals surface area (Å²) in [5.41, 5.74) is 0. The summed E-state index contributed by atoms with van der Waals surface area (Å²) in [7, 11) is 0. The smallest absolute Gasteiger partial charge is 0.151 e. The molecule has 13 heavy (non-hydrogen) atoms. The van der Waals surface area contributed by atoms with E-state index >= 15 is 0 Å². The number of hydrogen-bond acceptors (Lipinski definition) is 4. The van der Waals surface area contributed by atoms with Crippen LogP contribution in [0, 0.1) is 0 Å². The van der Waals surface area contributed by atoms with Crippen LogP contribution >= 0.6 is 0 Å². The van der Waals surface area contributed by atoms with Crippen LogP contribution in [-0.2, 0) is 0 Å². The molecule has 0 spiro atoms. The summed E-state index contributed by atoms with van der Waals surface area (Å²) in [5.74, 6) is 0. The standard InChI is InChI=1S/C5H12O2.C4H10O2/c1-2-3-4-5(6)7;1-2-3-4(5)6/h5-7H,2-4H2,1H3;4-6H,2-3H2,1H3. The number of aliphatic hydroxyl groups is 4. The first-order valence-electron chi connectivity index (χ1n) is 4.76. The van der Waals surface area contributed by atoms with Crippen LogP contribution < -0.4 is 0 Å². The fraction of sp³-hybridized carbons (Fsp3) is 1.00. The molecule has 4 heteroatoms. The fourth-order valence-electron chi connectivity index (χ4n) is 0.645. The van der Waals surface area contributed by atoms with Gasteiger partial charge in [0.1, 0.15) is 0 Å². The number of hydrogen-bond donors (Lipinski definition) is 4. The van der Waals surface area contributed by atoms with Crippen molar-refractivity contribution in [2.45, 2.75) is 58.5 Å². The van der Waals surface area contributed by atoms with E-state index in [1.807, 2.05) is 13.8 Å². The zero-order chi connectivity index (χ0) is 10.7. The number of unbranched alkanes of at least 4 members (excludes halogenated alkanes) is 1. The molecular weight excluding hydrogens is 172 g/mol. The molecule has 0 saturated heterocycles. The SMILES string of the molecule is CCCC(O)O.CCCCC(O)O. The van der Waals surface area contributed by atoms with E-state index in [0.29, 0.717) is 12.8 Å². The summed E-state index contributed by atoms with van der Waals surface area (Å²) in [6.45, 7) is 3.92. The molecule has 4 nitrogen and oxygen atoms in total. The van der Waals surface area contributed by atoms with Crippen molar-refractivity contribution in [1.82, 2.24) is 0 Å². The molecule has 0 aliphatic carbocycles. The highest BCUT2D eigenvalue weighted by Gasteiger charge is 1.92. The van der Waals surface area contributed by atoms with Gasteiger partial charge < -0.3 is 20.4 Å². The molecule has 0 heterocycles. The Balaban J connectivity index is 0. The van der Waals surface area contributed by atoms with Crippen molar-refractivity contribution < 1.29 is 20.4 Å². The van der Waals surface area contributed by atoms with Crippen molar-refractivity contribution in [2.24, 2.45) is 0 Å². The second kappa shape index (κ2) is 11.8. The lowest BCUT2D eigenvalue weighted by molar-refractivity contribution is -0.0466. The third kappa shape index (κ3) is 24.5. The van der Waals surface area contributed by atoms with Crippen LogP contribution in [0.3, 0.4) is 0 Å². The van der Waals surface area contributed by atoms with Gasteiger partial charge in [0.05, 0.1) is 0 Å². The lowest BCUT2D eigenvalue weighted by atomic mass is 10.2. The fourth-order valence-corrected chi connectivity index (χ4v) is 0.645. The highest BCUT2D eigenvalue weighted by atomic mass is 16.5. The minimum absolute atomic E-state index is 0.486.